The zero-order valence-corrected chi connectivity index (χ0v) is 16.4. The fraction of sp³-hybridized carbons (Fsp3) is 0.300. The first-order valence-electron chi connectivity index (χ1n) is 9.55. The second-order valence-electron chi connectivity index (χ2n) is 7.31. The third-order valence-corrected chi connectivity index (χ3v) is 4.95. The SMILES string of the molecule is [O-]N(O)c1cccc(-c2noc(C3CC(O)CN3Cc3cccc(OC(F)(F)F)c3)n2)c1. The molecule has 9 nitrogen and oxygen atoms in total. The summed E-state index contributed by atoms with van der Waals surface area (Å²) in [6.07, 6.45) is -5.18. The topological polar surface area (TPSA) is 118 Å². The van der Waals surface area contributed by atoms with E-state index in [2.05, 4.69) is 14.9 Å². The van der Waals surface area contributed by atoms with E-state index >= 15 is 0 Å². The van der Waals surface area contributed by atoms with Crippen molar-refractivity contribution in [3.05, 3.63) is 65.2 Å². The number of rotatable bonds is 6. The Morgan fingerprint density at radius 1 is 1.22 bits per heavy atom. The van der Waals surface area contributed by atoms with Gasteiger partial charge in [-0.3, -0.25) is 10.1 Å². The van der Waals surface area contributed by atoms with Gasteiger partial charge >= 0.3 is 6.36 Å². The van der Waals surface area contributed by atoms with Gasteiger partial charge in [-0.2, -0.15) is 4.98 Å². The van der Waals surface area contributed by atoms with Crippen molar-refractivity contribution in [1.82, 2.24) is 15.0 Å². The molecule has 0 saturated carbocycles. The van der Waals surface area contributed by atoms with Crippen LogP contribution in [0, 0.1) is 5.21 Å². The lowest BCUT2D eigenvalue weighted by atomic mass is 10.1. The van der Waals surface area contributed by atoms with Crippen molar-refractivity contribution in [3.8, 4) is 17.1 Å². The van der Waals surface area contributed by atoms with Crippen LogP contribution in [-0.4, -0.2) is 44.4 Å². The standard InChI is InChI=1S/C20H18F3N4O5/c21-20(22,23)31-16-6-1-3-12(7-16)10-26-11-15(28)9-17(26)19-24-18(25-32-19)13-4-2-5-14(8-13)27(29)30/h1-8,15,17,28-29H,9-11H2/q-1. The van der Waals surface area contributed by atoms with Gasteiger partial charge in [0.25, 0.3) is 0 Å². The molecule has 1 aliphatic rings. The fourth-order valence-corrected chi connectivity index (χ4v) is 3.64. The molecule has 0 aliphatic carbocycles. The minimum absolute atomic E-state index is 0.00674. The number of β-amino-alcohol motifs (C(OH)–C–C–N with tert-alkyl or cyclic N) is 1. The molecule has 2 heterocycles. The van der Waals surface area contributed by atoms with Crippen LogP contribution >= 0.6 is 0 Å². The van der Waals surface area contributed by atoms with Crippen LogP contribution in [0.5, 0.6) is 5.75 Å². The van der Waals surface area contributed by atoms with Crippen LogP contribution in [0.15, 0.2) is 53.1 Å². The predicted octanol–water partition coefficient (Wildman–Crippen LogP) is 3.64. The van der Waals surface area contributed by atoms with E-state index in [1.807, 2.05) is 4.90 Å². The largest absolute Gasteiger partial charge is 0.733 e. The lowest BCUT2D eigenvalue weighted by molar-refractivity contribution is -0.274. The van der Waals surface area contributed by atoms with E-state index in [4.69, 9.17) is 9.73 Å². The maximum Gasteiger partial charge on any atom is 0.573 e. The normalized spacial score (nSPS) is 19.3. The highest BCUT2D eigenvalue weighted by molar-refractivity contribution is 5.62. The molecule has 170 valence electrons. The second-order valence-corrected chi connectivity index (χ2v) is 7.31. The molecule has 0 amide bonds. The number of aliphatic hydroxyl groups excluding tert-OH is 1. The van der Waals surface area contributed by atoms with Crippen molar-refractivity contribution in [3.63, 3.8) is 0 Å². The highest BCUT2D eigenvalue weighted by Crippen LogP contribution is 2.34. The van der Waals surface area contributed by atoms with E-state index in [0.29, 0.717) is 17.5 Å². The first-order valence-corrected chi connectivity index (χ1v) is 9.55. The molecule has 1 fully saturated rings. The maximum atomic E-state index is 12.5. The van der Waals surface area contributed by atoms with Crippen LogP contribution in [0.25, 0.3) is 11.4 Å². The molecule has 1 aromatic heterocycles. The minimum Gasteiger partial charge on any atom is -0.733 e. The molecule has 0 radical (unpaired) electrons. The lowest BCUT2D eigenvalue weighted by Gasteiger charge is -2.21. The fourth-order valence-electron chi connectivity index (χ4n) is 3.64. The average molecular weight is 451 g/mol. The van der Waals surface area contributed by atoms with Gasteiger partial charge in [-0.05, 0) is 36.2 Å². The molecule has 2 N–H and O–H groups in total. The van der Waals surface area contributed by atoms with Gasteiger partial charge in [-0.15, -0.1) is 13.2 Å². The molecule has 3 aromatic rings. The van der Waals surface area contributed by atoms with Gasteiger partial charge in [0, 0.05) is 18.7 Å². The van der Waals surface area contributed by atoms with Crippen LogP contribution in [0.2, 0.25) is 0 Å². The molecule has 1 aliphatic heterocycles. The maximum absolute atomic E-state index is 12.5. The number of benzene rings is 2. The number of hydrogen-bond acceptors (Lipinski definition) is 9. The molecule has 0 spiro atoms. The Morgan fingerprint density at radius 2 is 2.00 bits per heavy atom. The quantitative estimate of drug-likeness (QED) is 0.542. The van der Waals surface area contributed by atoms with E-state index in [-0.39, 0.29) is 41.5 Å². The summed E-state index contributed by atoms with van der Waals surface area (Å²) in [7, 11) is 0. The Balaban J connectivity index is 1.53. The molecule has 0 bridgehead atoms. The van der Waals surface area contributed by atoms with Crippen LogP contribution in [-0.2, 0) is 6.54 Å². The van der Waals surface area contributed by atoms with Gasteiger partial charge in [0.05, 0.1) is 17.8 Å². The Bertz CT molecular complexity index is 1080. The number of likely N-dealkylation sites (tertiary alicyclic amines) is 1. The van der Waals surface area contributed by atoms with E-state index in [1.165, 1.54) is 30.3 Å². The summed E-state index contributed by atoms with van der Waals surface area (Å²) in [5.41, 5.74) is 0.985. The van der Waals surface area contributed by atoms with Crippen molar-refractivity contribution in [2.24, 2.45) is 0 Å². The Hall–Kier alpha value is -3.19. The molecule has 2 aromatic carbocycles. The molecule has 1 saturated heterocycles. The molecule has 4 rings (SSSR count). The summed E-state index contributed by atoms with van der Waals surface area (Å²) in [5, 5.41) is 34.0. The van der Waals surface area contributed by atoms with Gasteiger partial charge < -0.3 is 24.8 Å². The molecular weight excluding hydrogens is 433 g/mol. The Kier molecular flexibility index (Phi) is 6.02. The van der Waals surface area contributed by atoms with Crippen LogP contribution in [0.4, 0.5) is 18.9 Å². The zero-order chi connectivity index (χ0) is 22.9. The third-order valence-electron chi connectivity index (χ3n) is 4.95. The van der Waals surface area contributed by atoms with E-state index < -0.39 is 18.5 Å². The van der Waals surface area contributed by atoms with Crippen molar-refractivity contribution < 1.29 is 32.7 Å². The van der Waals surface area contributed by atoms with Crippen molar-refractivity contribution in [2.45, 2.75) is 31.5 Å². The monoisotopic (exact) mass is 451 g/mol. The summed E-state index contributed by atoms with van der Waals surface area (Å²) >= 11 is 0. The zero-order valence-electron chi connectivity index (χ0n) is 16.4. The molecule has 32 heavy (non-hydrogen) atoms. The summed E-state index contributed by atoms with van der Waals surface area (Å²) < 4.78 is 46.8. The van der Waals surface area contributed by atoms with Gasteiger partial charge in [-0.25, -0.2) is 0 Å². The molecular formula is C20H18F3N4O5-. The first-order chi connectivity index (χ1) is 15.2. The number of nitrogens with zero attached hydrogens (tertiary/aromatic N) is 4. The number of halogens is 3. The van der Waals surface area contributed by atoms with Crippen LogP contribution < -0.4 is 9.96 Å². The number of ether oxygens (including phenoxy) is 1. The van der Waals surface area contributed by atoms with Gasteiger partial charge in [-0.1, -0.05) is 29.4 Å². The summed E-state index contributed by atoms with van der Waals surface area (Å²) in [4.78, 5) is 6.17. The van der Waals surface area contributed by atoms with Gasteiger partial charge in [0.15, 0.2) is 0 Å². The number of anilines is 1. The number of aliphatic hydroxyl groups is 1. The highest BCUT2D eigenvalue weighted by atomic mass is 19.4. The Labute approximate surface area is 179 Å². The lowest BCUT2D eigenvalue weighted by Crippen LogP contribution is -2.24. The van der Waals surface area contributed by atoms with Crippen LogP contribution in [0.3, 0.4) is 0 Å². The summed E-state index contributed by atoms with van der Waals surface area (Å²) in [5.74, 6) is 0.0702. The predicted molar refractivity (Wildman–Crippen MR) is 104 cm³/mol. The summed E-state index contributed by atoms with van der Waals surface area (Å²) in [6, 6.07) is 11.1. The molecule has 2 atom stereocenters. The molecule has 2 unspecified atom stereocenters. The smallest absolute Gasteiger partial charge is 0.573 e. The Morgan fingerprint density at radius 3 is 2.75 bits per heavy atom. The average Bonchev–Trinajstić information content (AvgIpc) is 3.34. The second kappa shape index (κ2) is 8.74. The highest BCUT2D eigenvalue weighted by Gasteiger charge is 2.36. The van der Waals surface area contributed by atoms with Gasteiger partial charge in [0.1, 0.15) is 5.75 Å². The van der Waals surface area contributed by atoms with E-state index in [0.717, 1.165) is 0 Å². The van der Waals surface area contributed by atoms with E-state index in [1.54, 1.807) is 18.2 Å². The first kappa shape index (κ1) is 22.0. The summed E-state index contributed by atoms with van der Waals surface area (Å²) in [6.45, 7) is 0.484. The minimum atomic E-state index is -4.79. The number of hydrogen-bond donors (Lipinski definition) is 2. The van der Waals surface area contributed by atoms with Crippen molar-refractivity contribution in [2.75, 3.05) is 11.8 Å². The van der Waals surface area contributed by atoms with E-state index in [9.17, 15) is 23.5 Å². The third kappa shape index (κ3) is 5.16. The molecule has 12 heteroatoms. The number of aromatic nitrogens is 2. The van der Waals surface area contributed by atoms with Crippen molar-refractivity contribution >= 4 is 5.69 Å². The van der Waals surface area contributed by atoms with Gasteiger partial charge in [0.2, 0.25) is 11.7 Å². The number of alkyl halides is 3. The van der Waals surface area contributed by atoms with Crippen molar-refractivity contribution in [1.29, 1.82) is 0 Å². The van der Waals surface area contributed by atoms with Crippen LogP contribution in [0.1, 0.15) is 23.9 Å².